The van der Waals surface area contributed by atoms with E-state index in [-0.39, 0.29) is 5.91 Å². The summed E-state index contributed by atoms with van der Waals surface area (Å²) in [6.07, 6.45) is 5.94. The Hall–Kier alpha value is -2.60. The summed E-state index contributed by atoms with van der Waals surface area (Å²) in [5.74, 6) is 0.174. The van der Waals surface area contributed by atoms with Crippen LogP contribution in [-0.4, -0.2) is 41.3 Å². The SMILES string of the molecule is COCCCN1C(=O)C(C)(C)c2cc3[nH]c4c(c3cc21)CCCc1cn[nH]c1-4. The molecule has 1 aliphatic heterocycles. The van der Waals surface area contributed by atoms with E-state index in [1.54, 1.807) is 7.11 Å². The summed E-state index contributed by atoms with van der Waals surface area (Å²) >= 11 is 0. The molecule has 3 heterocycles. The summed E-state index contributed by atoms with van der Waals surface area (Å²) in [5.41, 5.74) is 7.60. The van der Waals surface area contributed by atoms with E-state index in [1.165, 1.54) is 16.5 Å². The molecule has 1 amide bonds. The number of benzene rings is 1. The normalized spacial score (nSPS) is 17.5. The van der Waals surface area contributed by atoms with Crippen molar-refractivity contribution in [2.24, 2.45) is 0 Å². The van der Waals surface area contributed by atoms with Gasteiger partial charge in [0.05, 0.1) is 23.0 Å². The van der Waals surface area contributed by atoms with Gasteiger partial charge in [-0.25, -0.2) is 0 Å². The third-order valence-corrected chi connectivity index (χ3v) is 6.34. The lowest BCUT2D eigenvalue weighted by Crippen LogP contribution is -2.37. The minimum atomic E-state index is -0.516. The number of ether oxygens (including phenoxy) is 1. The van der Waals surface area contributed by atoms with Gasteiger partial charge in [-0.2, -0.15) is 5.10 Å². The van der Waals surface area contributed by atoms with Crippen LogP contribution in [0.5, 0.6) is 0 Å². The minimum absolute atomic E-state index is 0.174. The highest BCUT2D eigenvalue weighted by molar-refractivity contribution is 6.10. The second-order valence-electron chi connectivity index (χ2n) is 8.45. The van der Waals surface area contributed by atoms with Gasteiger partial charge in [0, 0.05) is 36.9 Å². The van der Waals surface area contributed by atoms with Crippen LogP contribution in [0.15, 0.2) is 18.3 Å². The van der Waals surface area contributed by atoms with Crippen LogP contribution in [0, 0.1) is 0 Å². The second kappa shape index (κ2) is 6.21. The summed E-state index contributed by atoms with van der Waals surface area (Å²) in [4.78, 5) is 18.7. The van der Waals surface area contributed by atoms with Crippen LogP contribution in [0.1, 0.15) is 43.4 Å². The predicted molar refractivity (Wildman–Crippen MR) is 110 cm³/mol. The summed E-state index contributed by atoms with van der Waals surface area (Å²) in [7, 11) is 1.70. The molecule has 6 nitrogen and oxygen atoms in total. The van der Waals surface area contributed by atoms with Gasteiger partial charge in [-0.05, 0) is 68.4 Å². The van der Waals surface area contributed by atoms with Crippen LogP contribution < -0.4 is 4.90 Å². The maximum absolute atomic E-state index is 13.1. The predicted octanol–water partition coefficient (Wildman–Crippen LogP) is 3.71. The molecule has 1 aromatic carbocycles. The maximum Gasteiger partial charge on any atom is 0.237 e. The first-order valence-electron chi connectivity index (χ1n) is 10.0. The number of anilines is 1. The highest BCUT2D eigenvalue weighted by atomic mass is 16.5. The average molecular weight is 378 g/mol. The molecule has 2 aromatic heterocycles. The molecule has 1 aliphatic carbocycles. The molecule has 2 aliphatic rings. The Balaban J connectivity index is 1.67. The van der Waals surface area contributed by atoms with Crippen molar-refractivity contribution in [1.29, 1.82) is 0 Å². The fourth-order valence-electron chi connectivity index (χ4n) is 4.81. The van der Waals surface area contributed by atoms with E-state index in [4.69, 9.17) is 4.74 Å². The highest BCUT2D eigenvalue weighted by Gasteiger charge is 2.44. The van der Waals surface area contributed by atoms with Crippen LogP contribution in [-0.2, 0) is 27.8 Å². The Morgan fingerprint density at radius 3 is 2.93 bits per heavy atom. The molecular formula is C22H26N4O2. The second-order valence-corrected chi connectivity index (χ2v) is 8.45. The zero-order valence-electron chi connectivity index (χ0n) is 16.7. The third-order valence-electron chi connectivity index (χ3n) is 6.34. The molecule has 0 fully saturated rings. The number of aromatic amines is 2. The number of carbonyl (C=O) groups is 1. The van der Waals surface area contributed by atoms with Gasteiger partial charge in [-0.3, -0.25) is 9.89 Å². The number of H-pyrrole nitrogens is 2. The monoisotopic (exact) mass is 378 g/mol. The first-order chi connectivity index (χ1) is 13.5. The first kappa shape index (κ1) is 17.5. The molecule has 0 saturated carbocycles. The summed E-state index contributed by atoms with van der Waals surface area (Å²) in [6.45, 7) is 5.39. The molecule has 0 unspecified atom stereocenters. The largest absolute Gasteiger partial charge is 0.385 e. The molecule has 0 radical (unpaired) electrons. The van der Waals surface area contributed by atoms with Gasteiger partial charge < -0.3 is 14.6 Å². The van der Waals surface area contributed by atoms with E-state index in [0.29, 0.717) is 13.2 Å². The Morgan fingerprint density at radius 2 is 2.11 bits per heavy atom. The highest BCUT2D eigenvalue weighted by Crippen LogP contribution is 2.46. The number of nitrogens with zero attached hydrogens (tertiary/aromatic N) is 2. The molecule has 3 aromatic rings. The number of hydrogen-bond acceptors (Lipinski definition) is 3. The van der Waals surface area contributed by atoms with Gasteiger partial charge >= 0.3 is 0 Å². The number of carbonyl (C=O) groups excluding carboxylic acids is 1. The van der Waals surface area contributed by atoms with Crippen molar-refractivity contribution in [2.75, 3.05) is 25.2 Å². The average Bonchev–Trinajstić information content (AvgIpc) is 3.29. The minimum Gasteiger partial charge on any atom is -0.385 e. The fourth-order valence-corrected chi connectivity index (χ4v) is 4.81. The number of rotatable bonds is 4. The molecule has 5 rings (SSSR count). The first-order valence-corrected chi connectivity index (χ1v) is 10.0. The van der Waals surface area contributed by atoms with Crippen LogP contribution in [0.3, 0.4) is 0 Å². The number of aromatic nitrogens is 3. The van der Waals surface area contributed by atoms with Crippen molar-refractivity contribution in [1.82, 2.24) is 15.2 Å². The van der Waals surface area contributed by atoms with Gasteiger partial charge in [-0.15, -0.1) is 0 Å². The van der Waals surface area contributed by atoms with E-state index >= 15 is 0 Å². The number of fused-ring (bicyclic) bond motifs is 6. The number of aryl methyl sites for hydroxylation is 2. The van der Waals surface area contributed by atoms with Crippen LogP contribution in [0.4, 0.5) is 5.69 Å². The van der Waals surface area contributed by atoms with Crippen molar-refractivity contribution in [3.05, 3.63) is 35.0 Å². The molecule has 0 bridgehead atoms. The summed E-state index contributed by atoms with van der Waals surface area (Å²) < 4.78 is 5.20. The van der Waals surface area contributed by atoms with Crippen molar-refractivity contribution in [3.63, 3.8) is 0 Å². The lowest BCUT2D eigenvalue weighted by atomic mass is 9.85. The molecule has 6 heteroatoms. The van der Waals surface area contributed by atoms with E-state index < -0.39 is 5.41 Å². The number of hydrogen-bond donors (Lipinski definition) is 2. The number of amides is 1. The lowest BCUT2D eigenvalue weighted by molar-refractivity contribution is -0.122. The fraction of sp³-hybridized carbons (Fsp3) is 0.455. The Morgan fingerprint density at radius 1 is 1.25 bits per heavy atom. The summed E-state index contributed by atoms with van der Waals surface area (Å²) in [5, 5.41) is 8.65. The van der Waals surface area contributed by atoms with Crippen molar-refractivity contribution < 1.29 is 9.53 Å². The molecule has 2 N–H and O–H groups in total. The smallest absolute Gasteiger partial charge is 0.237 e. The zero-order chi connectivity index (χ0) is 19.5. The zero-order valence-corrected chi connectivity index (χ0v) is 16.7. The maximum atomic E-state index is 13.1. The van der Waals surface area contributed by atoms with Crippen LogP contribution in [0.25, 0.3) is 22.3 Å². The Bertz CT molecular complexity index is 1080. The Labute approximate surface area is 164 Å². The molecule has 0 saturated heterocycles. The van der Waals surface area contributed by atoms with Crippen LogP contribution >= 0.6 is 0 Å². The Kier molecular flexibility index (Phi) is 3.88. The molecule has 0 atom stereocenters. The lowest BCUT2D eigenvalue weighted by Gasteiger charge is -2.20. The van der Waals surface area contributed by atoms with Gasteiger partial charge in [0.25, 0.3) is 0 Å². The van der Waals surface area contributed by atoms with Gasteiger partial charge in [0.15, 0.2) is 0 Å². The number of methoxy groups -OCH3 is 1. The third kappa shape index (κ3) is 2.37. The molecule has 0 spiro atoms. The van der Waals surface area contributed by atoms with E-state index in [0.717, 1.165) is 53.8 Å². The van der Waals surface area contributed by atoms with Gasteiger partial charge in [-0.1, -0.05) is 0 Å². The summed E-state index contributed by atoms with van der Waals surface area (Å²) in [6, 6.07) is 4.41. The molecule has 28 heavy (non-hydrogen) atoms. The van der Waals surface area contributed by atoms with Gasteiger partial charge in [0.1, 0.15) is 0 Å². The van der Waals surface area contributed by atoms with E-state index in [2.05, 4.69) is 27.3 Å². The van der Waals surface area contributed by atoms with Crippen molar-refractivity contribution in [2.45, 2.75) is 44.9 Å². The number of nitrogens with one attached hydrogen (secondary N) is 2. The molecule has 146 valence electrons. The quantitative estimate of drug-likeness (QED) is 0.680. The topological polar surface area (TPSA) is 74.0 Å². The van der Waals surface area contributed by atoms with Crippen molar-refractivity contribution >= 4 is 22.5 Å². The standard InChI is InChI=1S/C22H26N4O2/c1-22(2)16-11-17-15(10-18(16)26(21(22)27)8-5-9-28-3)14-7-4-6-13-12-23-25-19(13)20(14)24-17/h10-12,24H,4-9H2,1-3H3,(H,23,25). The van der Waals surface area contributed by atoms with Crippen LogP contribution in [0.2, 0.25) is 0 Å². The van der Waals surface area contributed by atoms with E-state index in [9.17, 15) is 4.79 Å². The van der Waals surface area contributed by atoms with E-state index in [1.807, 2.05) is 24.9 Å². The van der Waals surface area contributed by atoms with Gasteiger partial charge in [0.2, 0.25) is 5.91 Å². The molecular weight excluding hydrogens is 352 g/mol. The van der Waals surface area contributed by atoms with Crippen molar-refractivity contribution in [3.8, 4) is 11.4 Å².